The van der Waals surface area contributed by atoms with Crippen molar-refractivity contribution in [3.63, 3.8) is 0 Å². The smallest absolute Gasteiger partial charge is 0.255 e. The van der Waals surface area contributed by atoms with E-state index in [2.05, 4.69) is 25.6 Å². The number of nitrogens with zero attached hydrogens (tertiary/aromatic N) is 4. The van der Waals surface area contributed by atoms with Crippen molar-refractivity contribution in [3.05, 3.63) is 30.1 Å². The van der Waals surface area contributed by atoms with Gasteiger partial charge in [0.05, 0.1) is 22.9 Å². The number of aromatic nitrogens is 3. The van der Waals surface area contributed by atoms with Crippen LogP contribution in [0.15, 0.2) is 24.5 Å². The molecule has 1 atom stereocenters. The lowest BCUT2D eigenvalue weighted by molar-refractivity contribution is 0.0666. The number of aliphatic hydroxyl groups excluding tert-OH is 1. The van der Waals surface area contributed by atoms with Crippen LogP contribution < -0.4 is 10.6 Å². The van der Waals surface area contributed by atoms with Gasteiger partial charge in [-0.05, 0) is 57.1 Å². The molecule has 0 radical (unpaired) electrons. The predicted molar refractivity (Wildman–Crippen MR) is 131 cm³/mol. The maximum absolute atomic E-state index is 13.7. The van der Waals surface area contributed by atoms with Crippen molar-refractivity contribution in [2.45, 2.75) is 76.4 Å². The molecule has 2 aliphatic rings. The molecule has 8 nitrogen and oxygen atoms in total. The Morgan fingerprint density at radius 2 is 1.89 bits per heavy atom. The summed E-state index contributed by atoms with van der Waals surface area (Å²) in [6, 6.07) is 3.61. The number of hydrogen-bond acceptors (Lipinski definition) is 7. The molecule has 4 rings (SSSR count). The molecule has 35 heavy (non-hydrogen) atoms. The van der Waals surface area contributed by atoms with Gasteiger partial charge in [-0.2, -0.15) is 4.98 Å². The van der Waals surface area contributed by atoms with Crippen LogP contribution in [0.2, 0.25) is 0 Å². The molecule has 3 N–H and O–H groups in total. The Bertz CT molecular complexity index is 976. The van der Waals surface area contributed by atoms with Gasteiger partial charge in [0.15, 0.2) is 0 Å². The minimum absolute atomic E-state index is 0.125. The topological polar surface area (TPSA) is 103 Å². The van der Waals surface area contributed by atoms with E-state index in [1.807, 2.05) is 0 Å². The van der Waals surface area contributed by atoms with Gasteiger partial charge in [0.25, 0.3) is 5.91 Å². The summed E-state index contributed by atoms with van der Waals surface area (Å²) in [6.45, 7) is 2.72. The second-order valence-corrected chi connectivity index (χ2v) is 9.39. The molecule has 1 saturated carbocycles. The number of aliphatic hydroxyl groups is 1. The van der Waals surface area contributed by atoms with Crippen molar-refractivity contribution in [3.8, 4) is 11.3 Å². The molecule has 0 bridgehead atoms. The molecule has 1 amide bonds. The van der Waals surface area contributed by atoms with E-state index >= 15 is 0 Å². The Morgan fingerprint density at radius 3 is 2.54 bits per heavy atom. The number of carbonyl (C=O) groups excluding carboxylic acids is 1. The maximum atomic E-state index is 13.7. The summed E-state index contributed by atoms with van der Waals surface area (Å²) in [5.74, 6) is 0.751. The largest absolute Gasteiger partial charge is 0.393 e. The molecule has 1 aliphatic heterocycles. The summed E-state index contributed by atoms with van der Waals surface area (Å²) in [5, 5.41) is 16.2. The number of halogens is 2. The molecular weight excluding hydrogens is 454 g/mol. The highest BCUT2D eigenvalue weighted by atomic mass is 19.1. The summed E-state index contributed by atoms with van der Waals surface area (Å²) >= 11 is 0. The standard InChI is InChI=1S/C25H34F2N6O2/c1-2-17(26)14-29-25-30-15-21(23(32-25)31-19-4-6-20(34)7-5-19)22-8-3-16(13-28-22)24(35)33-11-9-18(27)10-12-33/h3,8,13,15,17-20,34H,2,4-7,9-12,14H2,1H3,(H2,29,30,31,32)/t17-,19-,20-/m0/s1. The lowest BCUT2D eigenvalue weighted by Gasteiger charge is -2.28. The monoisotopic (exact) mass is 488 g/mol. The van der Waals surface area contributed by atoms with Gasteiger partial charge in [-0.1, -0.05) is 6.92 Å². The van der Waals surface area contributed by atoms with Gasteiger partial charge in [-0.15, -0.1) is 0 Å². The number of hydrogen-bond donors (Lipinski definition) is 3. The van der Waals surface area contributed by atoms with E-state index in [1.165, 1.54) is 6.20 Å². The molecule has 0 aromatic carbocycles. The minimum Gasteiger partial charge on any atom is -0.393 e. The van der Waals surface area contributed by atoms with E-state index < -0.39 is 12.3 Å². The van der Waals surface area contributed by atoms with Gasteiger partial charge in [0.2, 0.25) is 5.95 Å². The molecule has 3 heterocycles. The van der Waals surface area contributed by atoms with Gasteiger partial charge in [0.1, 0.15) is 18.2 Å². The number of likely N-dealkylation sites (tertiary alicyclic amines) is 1. The van der Waals surface area contributed by atoms with Crippen molar-refractivity contribution >= 4 is 17.7 Å². The van der Waals surface area contributed by atoms with E-state index in [0.29, 0.717) is 60.9 Å². The van der Waals surface area contributed by atoms with E-state index in [0.717, 1.165) is 25.7 Å². The third-order valence-electron chi connectivity index (χ3n) is 6.75. The van der Waals surface area contributed by atoms with E-state index in [-0.39, 0.29) is 24.6 Å². The number of anilines is 2. The SMILES string of the molecule is CC[C@H](F)CNc1ncc(-c2ccc(C(=O)N3CCC(F)CC3)cn2)c(N[C@H]2CC[C@H](O)CC2)n1. The van der Waals surface area contributed by atoms with Crippen LogP contribution >= 0.6 is 0 Å². The van der Waals surface area contributed by atoms with Gasteiger partial charge in [-0.25, -0.2) is 13.8 Å². The first-order chi connectivity index (χ1) is 16.9. The Hall–Kier alpha value is -2.88. The van der Waals surface area contributed by atoms with Crippen LogP contribution in [-0.4, -0.2) is 75.0 Å². The zero-order valence-corrected chi connectivity index (χ0v) is 20.1. The highest BCUT2D eigenvalue weighted by molar-refractivity contribution is 5.94. The lowest BCUT2D eigenvalue weighted by Crippen LogP contribution is -2.39. The summed E-state index contributed by atoms with van der Waals surface area (Å²) in [7, 11) is 0. The van der Waals surface area contributed by atoms with Crippen LogP contribution in [0.25, 0.3) is 11.3 Å². The number of piperidine rings is 1. The van der Waals surface area contributed by atoms with Gasteiger partial charge >= 0.3 is 0 Å². The molecule has 0 spiro atoms. The van der Waals surface area contributed by atoms with E-state index in [1.54, 1.807) is 30.2 Å². The first-order valence-corrected chi connectivity index (χ1v) is 12.5. The zero-order valence-electron chi connectivity index (χ0n) is 20.1. The van der Waals surface area contributed by atoms with Crippen LogP contribution in [0.5, 0.6) is 0 Å². The highest BCUT2D eigenvalue weighted by Crippen LogP contribution is 2.29. The average Bonchev–Trinajstić information content (AvgIpc) is 2.89. The maximum Gasteiger partial charge on any atom is 0.255 e. The van der Waals surface area contributed by atoms with Crippen LogP contribution in [0.1, 0.15) is 62.2 Å². The van der Waals surface area contributed by atoms with Crippen molar-refractivity contribution < 1.29 is 18.7 Å². The third-order valence-corrected chi connectivity index (χ3v) is 6.75. The van der Waals surface area contributed by atoms with Crippen molar-refractivity contribution in [2.75, 3.05) is 30.3 Å². The molecule has 190 valence electrons. The molecule has 10 heteroatoms. The Labute approximate surface area is 204 Å². The normalized spacial score (nSPS) is 22.0. The molecule has 0 unspecified atom stereocenters. The number of nitrogens with one attached hydrogen (secondary N) is 2. The van der Waals surface area contributed by atoms with Crippen molar-refractivity contribution in [1.29, 1.82) is 0 Å². The van der Waals surface area contributed by atoms with Crippen LogP contribution in [0.4, 0.5) is 20.5 Å². The van der Waals surface area contributed by atoms with E-state index in [4.69, 9.17) is 0 Å². The summed E-state index contributed by atoms with van der Waals surface area (Å²) in [5.41, 5.74) is 1.73. The average molecular weight is 489 g/mol. The Morgan fingerprint density at radius 1 is 1.14 bits per heavy atom. The van der Waals surface area contributed by atoms with Crippen LogP contribution in [-0.2, 0) is 0 Å². The molecular formula is C25H34F2N6O2. The van der Waals surface area contributed by atoms with Crippen LogP contribution in [0.3, 0.4) is 0 Å². The number of rotatable bonds is 8. The number of carbonyl (C=O) groups is 1. The summed E-state index contributed by atoms with van der Waals surface area (Å²) in [4.78, 5) is 27.9. The molecule has 2 aromatic rings. The summed E-state index contributed by atoms with van der Waals surface area (Å²) < 4.78 is 27.1. The molecule has 1 aliphatic carbocycles. The number of amides is 1. The molecule has 1 saturated heterocycles. The predicted octanol–water partition coefficient (Wildman–Crippen LogP) is 3.99. The fraction of sp³-hybridized carbons (Fsp3) is 0.600. The second-order valence-electron chi connectivity index (χ2n) is 9.39. The lowest BCUT2D eigenvalue weighted by atomic mass is 9.93. The quantitative estimate of drug-likeness (QED) is 0.516. The van der Waals surface area contributed by atoms with Gasteiger partial charge in [0, 0.05) is 38.1 Å². The van der Waals surface area contributed by atoms with Crippen LogP contribution in [0, 0.1) is 0 Å². The fourth-order valence-corrected chi connectivity index (χ4v) is 4.44. The fourth-order valence-electron chi connectivity index (χ4n) is 4.44. The number of alkyl halides is 2. The second kappa shape index (κ2) is 11.7. The number of pyridine rings is 1. The minimum atomic E-state index is -0.989. The first-order valence-electron chi connectivity index (χ1n) is 12.5. The Balaban J connectivity index is 1.53. The Kier molecular flexibility index (Phi) is 8.43. The van der Waals surface area contributed by atoms with Crippen molar-refractivity contribution in [2.24, 2.45) is 0 Å². The third kappa shape index (κ3) is 6.62. The molecule has 2 aromatic heterocycles. The van der Waals surface area contributed by atoms with Gasteiger partial charge < -0.3 is 20.6 Å². The summed E-state index contributed by atoms with van der Waals surface area (Å²) in [6.07, 6.45) is 5.27. The highest BCUT2D eigenvalue weighted by Gasteiger charge is 2.24. The van der Waals surface area contributed by atoms with Gasteiger partial charge in [-0.3, -0.25) is 9.78 Å². The zero-order chi connectivity index (χ0) is 24.8. The van der Waals surface area contributed by atoms with Crippen molar-refractivity contribution in [1.82, 2.24) is 19.9 Å². The first kappa shape index (κ1) is 25.2. The molecule has 2 fully saturated rings. The van der Waals surface area contributed by atoms with E-state index in [9.17, 15) is 18.7 Å².